The summed E-state index contributed by atoms with van der Waals surface area (Å²) in [6.45, 7) is 5.44. The zero-order chi connectivity index (χ0) is 28.7. The molecule has 210 valence electrons. The SMILES string of the molecule is CC(=O)N[C@@H](CC(C)C)C(=O)N[C@@H](Cc1ccc(O)cc1)C(=O)N[C@H](/C=N/NC(N)=O)CCCN=C(N)N. The van der Waals surface area contributed by atoms with Gasteiger partial charge >= 0.3 is 6.03 Å². The number of aliphatic imine (C=N–C) groups is 1. The van der Waals surface area contributed by atoms with Crippen molar-refractivity contribution in [1.29, 1.82) is 0 Å². The molecule has 14 heteroatoms. The van der Waals surface area contributed by atoms with E-state index in [9.17, 15) is 24.3 Å². The van der Waals surface area contributed by atoms with E-state index < -0.39 is 36.0 Å². The summed E-state index contributed by atoms with van der Waals surface area (Å²) in [6.07, 6.45) is 2.60. The lowest BCUT2D eigenvalue weighted by atomic mass is 10.0. The molecular weight excluding hydrogens is 494 g/mol. The van der Waals surface area contributed by atoms with Crippen LogP contribution in [0, 0.1) is 5.92 Å². The van der Waals surface area contributed by atoms with E-state index in [2.05, 4.69) is 31.5 Å². The maximum atomic E-state index is 13.4. The highest BCUT2D eigenvalue weighted by Gasteiger charge is 2.28. The van der Waals surface area contributed by atoms with Gasteiger partial charge in [0.1, 0.15) is 17.8 Å². The second-order valence-corrected chi connectivity index (χ2v) is 9.13. The average molecular weight is 534 g/mol. The highest BCUT2D eigenvalue weighted by Crippen LogP contribution is 2.13. The van der Waals surface area contributed by atoms with E-state index in [0.29, 0.717) is 31.4 Å². The van der Waals surface area contributed by atoms with Gasteiger partial charge in [0.2, 0.25) is 17.7 Å². The molecule has 0 heterocycles. The number of benzene rings is 1. The lowest BCUT2D eigenvalue weighted by Crippen LogP contribution is -2.56. The Hall–Kier alpha value is -4.36. The summed E-state index contributed by atoms with van der Waals surface area (Å²) in [6, 6.07) is 2.80. The molecular formula is C24H39N9O5. The number of nitrogens with one attached hydrogen (secondary N) is 4. The topological polar surface area (TPSA) is 239 Å². The lowest BCUT2D eigenvalue weighted by Gasteiger charge is -2.25. The van der Waals surface area contributed by atoms with Crippen LogP contribution in [0.2, 0.25) is 0 Å². The number of hydrazone groups is 1. The largest absolute Gasteiger partial charge is 0.508 e. The van der Waals surface area contributed by atoms with E-state index in [-0.39, 0.29) is 30.0 Å². The maximum Gasteiger partial charge on any atom is 0.332 e. The van der Waals surface area contributed by atoms with Crippen molar-refractivity contribution in [3.63, 3.8) is 0 Å². The Balaban J connectivity index is 3.14. The van der Waals surface area contributed by atoms with E-state index in [0.717, 1.165) is 0 Å². The van der Waals surface area contributed by atoms with Gasteiger partial charge in [0, 0.05) is 26.1 Å². The molecule has 1 aromatic rings. The average Bonchev–Trinajstić information content (AvgIpc) is 2.81. The Kier molecular flexibility index (Phi) is 13.7. The first kappa shape index (κ1) is 31.7. The first-order valence-corrected chi connectivity index (χ1v) is 12.2. The van der Waals surface area contributed by atoms with Crippen LogP contribution < -0.4 is 38.6 Å². The van der Waals surface area contributed by atoms with Gasteiger partial charge in [-0.2, -0.15) is 5.10 Å². The summed E-state index contributed by atoms with van der Waals surface area (Å²) in [4.78, 5) is 53.0. The van der Waals surface area contributed by atoms with Crippen LogP contribution in [0.1, 0.15) is 45.6 Å². The predicted octanol–water partition coefficient (Wildman–Crippen LogP) is -0.837. The number of hydrogen-bond acceptors (Lipinski definition) is 7. The number of nitrogens with two attached hydrogens (primary N) is 3. The Morgan fingerprint density at radius 1 is 0.974 bits per heavy atom. The van der Waals surface area contributed by atoms with Crippen molar-refractivity contribution in [2.24, 2.45) is 33.2 Å². The number of nitrogens with zero attached hydrogens (tertiary/aromatic N) is 2. The predicted molar refractivity (Wildman–Crippen MR) is 144 cm³/mol. The Labute approximate surface area is 221 Å². The number of carbonyl (C=O) groups is 4. The van der Waals surface area contributed by atoms with Gasteiger partial charge in [-0.05, 0) is 42.9 Å². The van der Waals surface area contributed by atoms with Gasteiger partial charge in [-0.25, -0.2) is 10.2 Å². The molecule has 0 bridgehead atoms. The normalized spacial score (nSPS) is 13.3. The molecule has 0 radical (unpaired) electrons. The van der Waals surface area contributed by atoms with Crippen molar-refractivity contribution in [2.75, 3.05) is 6.54 Å². The van der Waals surface area contributed by atoms with Crippen LogP contribution in [-0.4, -0.2) is 65.7 Å². The minimum absolute atomic E-state index is 0.0560. The third-order valence-corrected chi connectivity index (χ3v) is 5.13. The second-order valence-electron chi connectivity index (χ2n) is 9.13. The molecule has 1 aromatic carbocycles. The fraction of sp³-hybridized carbons (Fsp3) is 0.500. The molecule has 3 atom stereocenters. The Morgan fingerprint density at radius 2 is 1.61 bits per heavy atom. The molecule has 0 aliphatic rings. The maximum absolute atomic E-state index is 13.4. The quantitative estimate of drug-likeness (QED) is 0.0614. The standard InChI is InChI=1S/C24H39N9O5/c1-14(2)11-19(30-15(3)34)22(37)32-20(12-16-6-8-18(35)9-7-16)21(36)31-17(13-29-33-24(27)38)5-4-10-28-23(25)26/h6-9,13-14,17,19-20,35H,4-5,10-12H2,1-3H3,(H,30,34)(H,31,36)(H,32,37)(H4,25,26,28)(H3,27,33,38)/b29-13+/t17-,19-,20-/m0/s1. The van der Waals surface area contributed by atoms with Crippen molar-refractivity contribution < 1.29 is 24.3 Å². The number of guanidine groups is 1. The summed E-state index contributed by atoms with van der Waals surface area (Å²) in [5.74, 6) is -1.33. The number of aromatic hydroxyl groups is 1. The first-order valence-electron chi connectivity index (χ1n) is 12.2. The zero-order valence-electron chi connectivity index (χ0n) is 21.9. The number of primary amides is 1. The van der Waals surface area contributed by atoms with Crippen LogP contribution in [0.3, 0.4) is 0 Å². The Bertz CT molecular complexity index is 992. The molecule has 0 spiro atoms. The summed E-state index contributed by atoms with van der Waals surface area (Å²) in [5, 5.41) is 21.5. The third kappa shape index (κ3) is 13.7. The number of urea groups is 1. The molecule has 0 unspecified atom stereocenters. The van der Waals surface area contributed by atoms with E-state index in [1.807, 2.05) is 13.8 Å². The van der Waals surface area contributed by atoms with Crippen LogP contribution in [0.15, 0.2) is 34.4 Å². The molecule has 0 saturated carbocycles. The third-order valence-electron chi connectivity index (χ3n) is 5.13. The summed E-state index contributed by atoms with van der Waals surface area (Å²) in [7, 11) is 0. The number of phenols is 1. The van der Waals surface area contributed by atoms with Crippen molar-refractivity contribution in [3.05, 3.63) is 29.8 Å². The van der Waals surface area contributed by atoms with Crippen LogP contribution in [0.25, 0.3) is 0 Å². The fourth-order valence-corrected chi connectivity index (χ4v) is 3.48. The second kappa shape index (κ2) is 16.4. The lowest BCUT2D eigenvalue weighted by molar-refractivity contribution is -0.132. The van der Waals surface area contributed by atoms with Crippen LogP contribution in [0.4, 0.5) is 4.79 Å². The summed E-state index contributed by atoms with van der Waals surface area (Å²) < 4.78 is 0. The highest BCUT2D eigenvalue weighted by atomic mass is 16.3. The Morgan fingerprint density at radius 3 is 2.16 bits per heavy atom. The number of phenolic OH excluding ortho intramolecular Hbond substituents is 1. The van der Waals surface area contributed by atoms with Gasteiger partial charge in [0.25, 0.3) is 0 Å². The van der Waals surface area contributed by atoms with E-state index >= 15 is 0 Å². The van der Waals surface area contributed by atoms with Gasteiger partial charge in [-0.3, -0.25) is 19.4 Å². The van der Waals surface area contributed by atoms with Crippen molar-refractivity contribution in [3.8, 4) is 5.75 Å². The molecule has 0 aliphatic heterocycles. The molecule has 0 aromatic heterocycles. The molecule has 0 fully saturated rings. The van der Waals surface area contributed by atoms with E-state index in [4.69, 9.17) is 17.2 Å². The molecule has 0 saturated heterocycles. The molecule has 1 rings (SSSR count). The van der Waals surface area contributed by atoms with Crippen LogP contribution in [-0.2, 0) is 20.8 Å². The van der Waals surface area contributed by atoms with E-state index in [1.54, 1.807) is 12.1 Å². The van der Waals surface area contributed by atoms with Crippen molar-refractivity contribution in [1.82, 2.24) is 21.4 Å². The number of hydrogen-bond donors (Lipinski definition) is 8. The van der Waals surface area contributed by atoms with Crippen molar-refractivity contribution in [2.45, 2.75) is 64.6 Å². The van der Waals surface area contributed by atoms with Gasteiger partial charge < -0.3 is 38.3 Å². The van der Waals surface area contributed by atoms with Gasteiger partial charge in [0.15, 0.2) is 5.96 Å². The fourth-order valence-electron chi connectivity index (χ4n) is 3.48. The molecule has 14 nitrogen and oxygen atoms in total. The number of amides is 5. The monoisotopic (exact) mass is 533 g/mol. The highest BCUT2D eigenvalue weighted by molar-refractivity contribution is 5.93. The van der Waals surface area contributed by atoms with Gasteiger partial charge in [0.05, 0.1) is 6.04 Å². The van der Waals surface area contributed by atoms with Gasteiger partial charge in [-0.1, -0.05) is 26.0 Å². The molecule has 38 heavy (non-hydrogen) atoms. The summed E-state index contributed by atoms with van der Waals surface area (Å²) >= 11 is 0. The zero-order valence-corrected chi connectivity index (χ0v) is 21.9. The molecule has 0 aliphatic carbocycles. The first-order chi connectivity index (χ1) is 17.9. The summed E-state index contributed by atoms with van der Waals surface area (Å²) in [5.41, 5.74) is 18.5. The number of carbonyl (C=O) groups excluding carboxylic acids is 4. The van der Waals surface area contributed by atoms with Crippen molar-refractivity contribution >= 4 is 35.9 Å². The van der Waals surface area contributed by atoms with Gasteiger partial charge in [-0.15, -0.1) is 0 Å². The minimum Gasteiger partial charge on any atom is -0.508 e. The van der Waals surface area contributed by atoms with Crippen LogP contribution in [0.5, 0.6) is 5.75 Å². The molecule has 11 N–H and O–H groups in total. The number of rotatable bonds is 15. The minimum atomic E-state index is -1.03. The smallest absolute Gasteiger partial charge is 0.332 e. The molecule has 5 amide bonds. The van der Waals surface area contributed by atoms with E-state index in [1.165, 1.54) is 25.3 Å². The van der Waals surface area contributed by atoms with Crippen LogP contribution >= 0.6 is 0 Å².